The Balaban J connectivity index is 2.11. The van der Waals surface area contributed by atoms with Crippen LogP contribution in [0.15, 0.2) is 68.0 Å². The van der Waals surface area contributed by atoms with Crippen molar-refractivity contribution in [2.45, 2.75) is 35.8 Å². The quantitative estimate of drug-likeness (QED) is 0.595. The molecule has 1 aromatic heterocycles. The average Bonchev–Trinajstić information content (AvgIpc) is 3.01. The number of benzene rings is 2. The maximum absolute atomic E-state index is 13.0. The molecule has 3 aromatic rings. The summed E-state index contributed by atoms with van der Waals surface area (Å²) in [6, 6.07) is 14.4. The maximum atomic E-state index is 13.0. The molecule has 130 valence electrons. The van der Waals surface area contributed by atoms with Gasteiger partial charge in [0.25, 0.3) is 0 Å². The summed E-state index contributed by atoms with van der Waals surface area (Å²) < 4.78 is 31.8. The van der Waals surface area contributed by atoms with Crippen LogP contribution in [0, 0.1) is 13.8 Å². The predicted molar refractivity (Wildman–Crippen MR) is 99.7 cm³/mol. The Morgan fingerprint density at radius 2 is 1.52 bits per heavy atom. The van der Waals surface area contributed by atoms with Crippen LogP contribution in [0.2, 0.25) is 0 Å². The lowest BCUT2D eigenvalue weighted by atomic mass is 10.1. The van der Waals surface area contributed by atoms with E-state index in [1.807, 2.05) is 45.0 Å². The average molecular weight is 373 g/mol. The van der Waals surface area contributed by atoms with Crippen LogP contribution < -0.4 is 0 Å². The van der Waals surface area contributed by atoms with Gasteiger partial charge in [0, 0.05) is 5.56 Å². The molecule has 0 atom stereocenters. The summed E-state index contributed by atoms with van der Waals surface area (Å²) in [5, 5.41) is 0.317. The molecule has 0 saturated heterocycles. The van der Waals surface area contributed by atoms with E-state index in [9.17, 15) is 8.42 Å². The Morgan fingerprint density at radius 3 is 2.08 bits per heavy atom. The topological polar surface area (TPSA) is 60.2 Å². The lowest BCUT2D eigenvalue weighted by molar-refractivity contribution is 0.470. The summed E-state index contributed by atoms with van der Waals surface area (Å²) in [6.07, 6.45) is 0. The number of sulfone groups is 1. The second-order valence-corrected chi connectivity index (χ2v) is 8.83. The SMILES string of the molecule is CCSc1oc(-c2ccc(C)cc2)nc1S(=O)(=O)c1ccc(C)cc1. The van der Waals surface area contributed by atoms with Crippen LogP contribution in [0.4, 0.5) is 0 Å². The Hall–Kier alpha value is -2.05. The van der Waals surface area contributed by atoms with E-state index < -0.39 is 9.84 Å². The molecule has 0 unspecified atom stereocenters. The van der Waals surface area contributed by atoms with E-state index in [1.54, 1.807) is 24.3 Å². The Labute approximate surface area is 152 Å². The molecule has 25 heavy (non-hydrogen) atoms. The van der Waals surface area contributed by atoms with Crippen LogP contribution in [0.3, 0.4) is 0 Å². The van der Waals surface area contributed by atoms with Gasteiger partial charge in [-0.3, -0.25) is 0 Å². The van der Waals surface area contributed by atoms with Crippen molar-refractivity contribution in [2.24, 2.45) is 0 Å². The largest absolute Gasteiger partial charge is 0.428 e. The van der Waals surface area contributed by atoms with Crippen LogP contribution in [0.1, 0.15) is 18.1 Å². The molecular formula is C19H19NO3S2. The minimum Gasteiger partial charge on any atom is -0.428 e. The molecule has 0 saturated carbocycles. The zero-order valence-electron chi connectivity index (χ0n) is 14.3. The summed E-state index contributed by atoms with van der Waals surface area (Å²) in [5.74, 6) is 1.01. The highest BCUT2D eigenvalue weighted by Gasteiger charge is 2.28. The van der Waals surface area contributed by atoms with Gasteiger partial charge in [-0.2, -0.15) is 4.98 Å². The predicted octanol–water partition coefficient (Wildman–Crippen LogP) is 4.90. The third-order valence-corrected chi connectivity index (χ3v) is 6.36. The molecule has 0 radical (unpaired) electrons. The van der Waals surface area contributed by atoms with E-state index in [-0.39, 0.29) is 9.92 Å². The number of hydrogen-bond donors (Lipinski definition) is 0. The number of aromatic nitrogens is 1. The summed E-state index contributed by atoms with van der Waals surface area (Å²) in [5.41, 5.74) is 2.88. The first-order valence-corrected chi connectivity index (χ1v) is 10.4. The van der Waals surface area contributed by atoms with Crippen molar-refractivity contribution in [1.82, 2.24) is 4.98 Å². The first kappa shape index (κ1) is 17.8. The molecule has 0 aliphatic carbocycles. The molecule has 3 rings (SSSR count). The standard InChI is InChI=1S/C19H19NO3S2/c1-4-24-19-18(25(21,22)16-11-7-14(3)8-12-16)20-17(23-19)15-9-5-13(2)6-10-15/h5-12H,4H2,1-3H3. The van der Waals surface area contributed by atoms with Crippen molar-refractivity contribution in [3.05, 3.63) is 59.7 Å². The van der Waals surface area contributed by atoms with E-state index in [4.69, 9.17) is 4.42 Å². The van der Waals surface area contributed by atoms with Gasteiger partial charge in [-0.15, -0.1) is 0 Å². The van der Waals surface area contributed by atoms with Crippen molar-refractivity contribution in [1.29, 1.82) is 0 Å². The fourth-order valence-corrected chi connectivity index (χ4v) is 4.59. The third kappa shape index (κ3) is 3.65. The number of nitrogens with zero attached hydrogens (tertiary/aromatic N) is 1. The Bertz CT molecular complexity index is 973. The molecule has 0 bridgehead atoms. The first-order valence-electron chi connectivity index (χ1n) is 7.94. The van der Waals surface area contributed by atoms with Crippen molar-refractivity contribution in [2.75, 3.05) is 5.75 Å². The summed E-state index contributed by atoms with van der Waals surface area (Å²) in [4.78, 5) is 4.55. The van der Waals surface area contributed by atoms with Gasteiger partial charge in [0.15, 0.2) is 0 Å². The minimum atomic E-state index is -3.73. The van der Waals surface area contributed by atoms with Gasteiger partial charge in [0.2, 0.25) is 25.8 Å². The number of hydrogen-bond acceptors (Lipinski definition) is 5. The van der Waals surface area contributed by atoms with Crippen molar-refractivity contribution >= 4 is 21.6 Å². The van der Waals surface area contributed by atoms with E-state index in [0.717, 1.165) is 16.7 Å². The highest BCUT2D eigenvalue weighted by molar-refractivity contribution is 8.00. The summed E-state index contributed by atoms with van der Waals surface area (Å²) >= 11 is 1.34. The summed E-state index contributed by atoms with van der Waals surface area (Å²) in [6.45, 7) is 5.85. The molecule has 6 heteroatoms. The molecule has 0 N–H and O–H groups in total. The number of rotatable bonds is 5. The van der Waals surface area contributed by atoms with Crippen LogP contribution >= 0.6 is 11.8 Å². The lowest BCUT2D eigenvalue weighted by Crippen LogP contribution is -2.04. The number of aryl methyl sites for hydroxylation is 2. The fraction of sp³-hybridized carbons (Fsp3) is 0.211. The zero-order chi connectivity index (χ0) is 18.0. The smallest absolute Gasteiger partial charge is 0.228 e. The highest BCUT2D eigenvalue weighted by Crippen LogP contribution is 2.34. The van der Waals surface area contributed by atoms with Gasteiger partial charge in [0.05, 0.1) is 4.90 Å². The van der Waals surface area contributed by atoms with Crippen LogP contribution in [0.5, 0.6) is 0 Å². The van der Waals surface area contributed by atoms with Gasteiger partial charge in [-0.05, 0) is 43.9 Å². The maximum Gasteiger partial charge on any atom is 0.228 e. The second kappa shape index (κ2) is 7.06. The normalized spacial score (nSPS) is 11.6. The lowest BCUT2D eigenvalue weighted by Gasteiger charge is -2.03. The minimum absolute atomic E-state index is 0.0150. The molecule has 0 amide bonds. The highest BCUT2D eigenvalue weighted by atomic mass is 32.2. The fourth-order valence-electron chi connectivity index (χ4n) is 2.33. The molecular weight excluding hydrogens is 354 g/mol. The first-order chi connectivity index (χ1) is 11.9. The van der Waals surface area contributed by atoms with Gasteiger partial charge in [0.1, 0.15) is 0 Å². The monoisotopic (exact) mass is 373 g/mol. The molecule has 1 heterocycles. The van der Waals surface area contributed by atoms with Crippen LogP contribution in [-0.2, 0) is 9.84 Å². The van der Waals surface area contributed by atoms with Crippen molar-refractivity contribution in [3.63, 3.8) is 0 Å². The Morgan fingerprint density at radius 1 is 0.960 bits per heavy atom. The van der Waals surface area contributed by atoms with Gasteiger partial charge >= 0.3 is 0 Å². The number of oxazole rings is 1. The van der Waals surface area contributed by atoms with Crippen molar-refractivity contribution < 1.29 is 12.8 Å². The molecule has 0 aliphatic heterocycles. The molecule has 0 fully saturated rings. The van der Waals surface area contributed by atoms with Crippen LogP contribution in [0.25, 0.3) is 11.5 Å². The van der Waals surface area contributed by atoms with Gasteiger partial charge < -0.3 is 4.42 Å². The van der Waals surface area contributed by atoms with Gasteiger partial charge in [-0.25, -0.2) is 8.42 Å². The zero-order valence-corrected chi connectivity index (χ0v) is 15.9. The molecule has 4 nitrogen and oxygen atoms in total. The van der Waals surface area contributed by atoms with E-state index in [1.165, 1.54) is 11.8 Å². The number of thioether (sulfide) groups is 1. The van der Waals surface area contributed by atoms with E-state index in [2.05, 4.69) is 4.98 Å². The summed E-state index contributed by atoms with van der Waals surface area (Å²) in [7, 11) is -3.73. The molecule has 0 aliphatic rings. The van der Waals surface area contributed by atoms with Crippen molar-refractivity contribution in [3.8, 4) is 11.5 Å². The van der Waals surface area contributed by atoms with Crippen LogP contribution in [-0.4, -0.2) is 19.2 Å². The second-order valence-electron chi connectivity index (χ2n) is 5.73. The third-order valence-electron chi connectivity index (χ3n) is 3.73. The van der Waals surface area contributed by atoms with E-state index in [0.29, 0.717) is 16.7 Å². The molecule has 0 spiro atoms. The van der Waals surface area contributed by atoms with E-state index >= 15 is 0 Å². The Kier molecular flexibility index (Phi) is 5.01. The molecule has 2 aromatic carbocycles. The van der Waals surface area contributed by atoms with Gasteiger partial charge in [-0.1, -0.05) is 54.1 Å².